The fraction of sp³-hybridized carbons (Fsp3) is 0.300. The highest BCUT2D eigenvalue weighted by Gasteiger charge is 2.20. The van der Waals surface area contributed by atoms with Crippen LogP contribution in [0, 0.1) is 20.8 Å². The summed E-state index contributed by atoms with van der Waals surface area (Å²) in [6.45, 7) is 6.23. The highest BCUT2D eigenvalue weighted by molar-refractivity contribution is 6.50. The van der Waals surface area contributed by atoms with Crippen molar-refractivity contribution in [2.75, 3.05) is 0 Å². The SMILES string of the molecule is Cc1cc(C)[n+](-n2cnnc2)c(C)c1.F[B-](F)(F)F. The van der Waals surface area contributed by atoms with Crippen LogP contribution in [-0.2, 0) is 0 Å². The summed E-state index contributed by atoms with van der Waals surface area (Å²) in [6, 6.07) is 4.26. The van der Waals surface area contributed by atoms with E-state index in [-0.39, 0.29) is 0 Å². The van der Waals surface area contributed by atoms with Gasteiger partial charge in [-0.3, -0.25) is 0 Å². The lowest BCUT2D eigenvalue weighted by molar-refractivity contribution is -0.739. The van der Waals surface area contributed by atoms with Crippen LogP contribution in [0.1, 0.15) is 17.0 Å². The highest BCUT2D eigenvalue weighted by Crippen LogP contribution is 2.06. The van der Waals surface area contributed by atoms with Crippen LogP contribution >= 0.6 is 0 Å². The number of halogens is 4. The van der Waals surface area contributed by atoms with Crippen LogP contribution in [0.2, 0.25) is 0 Å². The number of hydrogen-bond donors (Lipinski definition) is 0. The van der Waals surface area contributed by atoms with Gasteiger partial charge < -0.3 is 17.3 Å². The molecule has 0 unspecified atom stereocenters. The molecule has 0 aliphatic rings. The van der Waals surface area contributed by atoms with E-state index in [1.54, 1.807) is 12.7 Å². The summed E-state index contributed by atoms with van der Waals surface area (Å²) in [4.78, 5) is 0. The van der Waals surface area contributed by atoms with Crippen LogP contribution in [-0.4, -0.2) is 22.1 Å². The van der Waals surface area contributed by atoms with Gasteiger partial charge in [-0.15, -0.1) is 10.2 Å². The second-order valence-electron chi connectivity index (χ2n) is 3.96. The third-order valence-electron chi connectivity index (χ3n) is 2.18. The number of nitrogens with zero attached hydrogens (tertiary/aromatic N) is 4. The van der Waals surface area contributed by atoms with Gasteiger partial charge in [0, 0.05) is 26.0 Å². The van der Waals surface area contributed by atoms with E-state index in [2.05, 4.69) is 47.8 Å². The zero-order valence-corrected chi connectivity index (χ0v) is 10.7. The molecular formula is C10H13BF4N4. The van der Waals surface area contributed by atoms with Gasteiger partial charge in [0.1, 0.15) is 0 Å². The lowest BCUT2D eigenvalue weighted by Crippen LogP contribution is -2.46. The number of pyridine rings is 1. The predicted octanol–water partition coefficient (Wildman–Crippen LogP) is 2.10. The second kappa shape index (κ2) is 5.81. The average Bonchev–Trinajstić information content (AvgIpc) is 2.66. The van der Waals surface area contributed by atoms with Crippen molar-refractivity contribution in [3.63, 3.8) is 0 Å². The van der Waals surface area contributed by atoms with Crippen molar-refractivity contribution in [3.05, 3.63) is 41.7 Å². The van der Waals surface area contributed by atoms with Crippen molar-refractivity contribution in [1.82, 2.24) is 14.9 Å². The van der Waals surface area contributed by atoms with Crippen LogP contribution in [0.4, 0.5) is 17.3 Å². The van der Waals surface area contributed by atoms with Crippen molar-refractivity contribution in [2.24, 2.45) is 0 Å². The zero-order valence-electron chi connectivity index (χ0n) is 10.7. The first-order chi connectivity index (χ1) is 8.68. The van der Waals surface area contributed by atoms with E-state index in [1.807, 2.05) is 4.68 Å². The lowest BCUT2D eigenvalue weighted by atomic mass is 10.2. The Bertz CT molecular complexity index is 510. The van der Waals surface area contributed by atoms with Gasteiger partial charge in [-0.25, -0.2) is 0 Å². The van der Waals surface area contributed by atoms with Crippen molar-refractivity contribution in [3.8, 4) is 0 Å². The van der Waals surface area contributed by atoms with E-state index in [4.69, 9.17) is 0 Å². The molecule has 0 N–H and O–H groups in total. The second-order valence-corrected chi connectivity index (χ2v) is 3.96. The molecule has 0 aromatic carbocycles. The predicted molar refractivity (Wildman–Crippen MR) is 61.9 cm³/mol. The van der Waals surface area contributed by atoms with E-state index < -0.39 is 7.25 Å². The molecule has 0 fully saturated rings. The first-order valence-electron chi connectivity index (χ1n) is 5.41. The van der Waals surface area contributed by atoms with Crippen molar-refractivity contribution in [1.29, 1.82) is 0 Å². The molecule has 2 aromatic rings. The van der Waals surface area contributed by atoms with Gasteiger partial charge in [-0.2, -0.15) is 0 Å². The van der Waals surface area contributed by atoms with Gasteiger partial charge in [0.2, 0.25) is 11.4 Å². The zero-order chi connectivity index (χ0) is 14.6. The molecule has 2 heterocycles. The Kier molecular flexibility index (Phi) is 4.63. The fourth-order valence-electron chi connectivity index (χ4n) is 1.76. The number of hydrogen-bond acceptors (Lipinski definition) is 2. The maximum Gasteiger partial charge on any atom is 0.673 e. The number of aromatic nitrogens is 4. The summed E-state index contributed by atoms with van der Waals surface area (Å²) < 4.78 is 42.9. The minimum Gasteiger partial charge on any atom is -0.418 e. The van der Waals surface area contributed by atoms with Crippen LogP contribution in [0.5, 0.6) is 0 Å². The maximum absolute atomic E-state index is 9.75. The molecule has 0 amide bonds. The molecule has 0 atom stereocenters. The Hall–Kier alpha value is -1.93. The van der Waals surface area contributed by atoms with Gasteiger partial charge >= 0.3 is 7.25 Å². The molecule has 2 aromatic heterocycles. The fourth-order valence-corrected chi connectivity index (χ4v) is 1.76. The van der Waals surface area contributed by atoms with Gasteiger partial charge in [-0.1, -0.05) is 9.35 Å². The lowest BCUT2D eigenvalue weighted by Gasteiger charge is -2.02. The number of aryl methyl sites for hydroxylation is 3. The third kappa shape index (κ3) is 5.06. The van der Waals surface area contributed by atoms with Crippen LogP contribution < -0.4 is 4.68 Å². The van der Waals surface area contributed by atoms with Gasteiger partial charge in [0.15, 0.2) is 12.7 Å². The Balaban J connectivity index is 0.000000312. The molecule has 9 heteroatoms. The summed E-state index contributed by atoms with van der Waals surface area (Å²) in [5.74, 6) is 0. The van der Waals surface area contributed by atoms with E-state index in [1.165, 1.54) is 17.0 Å². The largest absolute Gasteiger partial charge is 0.673 e. The van der Waals surface area contributed by atoms with Gasteiger partial charge in [0.25, 0.3) is 0 Å². The molecule has 4 nitrogen and oxygen atoms in total. The molecule has 0 aliphatic carbocycles. The quantitative estimate of drug-likeness (QED) is 0.454. The topological polar surface area (TPSA) is 34.6 Å². The van der Waals surface area contributed by atoms with Crippen molar-refractivity contribution < 1.29 is 21.9 Å². The van der Waals surface area contributed by atoms with Crippen LogP contribution in [0.25, 0.3) is 0 Å². The summed E-state index contributed by atoms with van der Waals surface area (Å²) >= 11 is 0. The third-order valence-corrected chi connectivity index (χ3v) is 2.18. The molecule has 0 saturated heterocycles. The molecule has 0 saturated carbocycles. The highest BCUT2D eigenvalue weighted by atomic mass is 19.5. The van der Waals surface area contributed by atoms with E-state index in [0.717, 1.165) is 0 Å². The molecule has 2 rings (SSSR count). The number of rotatable bonds is 1. The average molecular weight is 276 g/mol. The van der Waals surface area contributed by atoms with Gasteiger partial charge in [-0.05, 0) is 12.5 Å². The molecule has 19 heavy (non-hydrogen) atoms. The summed E-state index contributed by atoms with van der Waals surface area (Å²) in [7, 11) is -6.00. The smallest absolute Gasteiger partial charge is 0.418 e. The summed E-state index contributed by atoms with van der Waals surface area (Å²) in [5.41, 5.74) is 3.61. The molecular weight excluding hydrogens is 263 g/mol. The van der Waals surface area contributed by atoms with E-state index in [9.17, 15) is 17.3 Å². The minimum atomic E-state index is -6.00. The van der Waals surface area contributed by atoms with Gasteiger partial charge in [0.05, 0.1) is 0 Å². The molecule has 0 bridgehead atoms. The standard InChI is InChI=1S/C10H13N4.BF4/c1-8-4-9(2)14(10(3)5-8)13-6-11-12-7-13;2-1(3,4)5/h4-7H,1-3H3;/q+1;-1. The Labute approximate surface area is 107 Å². The normalized spacial score (nSPS) is 10.9. The van der Waals surface area contributed by atoms with Crippen LogP contribution in [0.3, 0.4) is 0 Å². The first-order valence-corrected chi connectivity index (χ1v) is 5.41. The monoisotopic (exact) mass is 276 g/mol. The van der Waals surface area contributed by atoms with Crippen LogP contribution in [0.15, 0.2) is 24.8 Å². The Morgan fingerprint density at radius 1 is 0.947 bits per heavy atom. The first kappa shape index (κ1) is 15.1. The van der Waals surface area contributed by atoms with E-state index in [0.29, 0.717) is 0 Å². The molecule has 0 aliphatic heterocycles. The molecule has 0 spiro atoms. The maximum atomic E-state index is 9.75. The molecule has 104 valence electrons. The van der Waals surface area contributed by atoms with E-state index >= 15 is 0 Å². The van der Waals surface area contributed by atoms with Crippen molar-refractivity contribution in [2.45, 2.75) is 20.8 Å². The Morgan fingerprint density at radius 3 is 1.68 bits per heavy atom. The molecule has 0 radical (unpaired) electrons. The Morgan fingerprint density at radius 2 is 1.32 bits per heavy atom. The summed E-state index contributed by atoms with van der Waals surface area (Å²) in [6.07, 6.45) is 3.38. The summed E-state index contributed by atoms with van der Waals surface area (Å²) in [5, 5.41) is 7.59. The van der Waals surface area contributed by atoms with Crippen molar-refractivity contribution >= 4 is 7.25 Å². The minimum absolute atomic E-state index is 1.17.